The Morgan fingerprint density at radius 3 is 2.54 bits per heavy atom. The maximum absolute atomic E-state index is 7.73. The van der Waals surface area contributed by atoms with Gasteiger partial charge in [-0.2, -0.15) is 0 Å². The van der Waals surface area contributed by atoms with Crippen LogP contribution in [0.5, 0.6) is 0 Å². The first-order valence-electron chi connectivity index (χ1n) is 9.48. The first kappa shape index (κ1) is 16.8. The van der Waals surface area contributed by atoms with Crippen molar-refractivity contribution in [2.45, 2.75) is 52.0 Å². The molecule has 0 aliphatic heterocycles. The minimum absolute atomic E-state index is 0.0900. The van der Waals surface area contributed by atoms with E-state index in [1.807, 2.05) is 12.1 Å². The van der Waals surface area contributed by atoms with Gasteiger partial charge in [0.15, 0.2) is 0 Å². The van der Waals surface area contributed by atoms with Crippen LogP contribution >= 0.6 is 0 Å². The molecule has 4 rings (SSSR count). The summed E-state index contributed by atoms with van der Waals surface area (Å²) in [7, 11) is 0. The van der Waals surface area contributed by atoms with Crippen molar-refractivity contribution in [2.24, 2.45) is 5.73 Å². The third-order valence-electron chi connectivity index (χ3n) is 5.56. The van der Waals surface area contributed by atoms with E-state index in [-0.39, 0.29) is 5.84 Å². The molecule has 0 radical (unpaired) electrons. The quantitative estimate of drug-likeness (QED) is 0.511. The third kappa shape index (κ3) is 2.90. The van der Waals surface area contributed by atoms with Crippen molar-refractivity contribution in [1.82, 2.24) is 9.55 Å². The van der Waals surface area contributed by atoms with Crippen LogP contribution in [0.4, 0.5) is 0 Å². The number of aromatic nitrogens is 2. The highest BCUT2D eigenvalue weighted by Gasteiger charge is 2.23. The maximum atomic E-state index is 7.73. The number of hydrogen-bond donors (Lipinski definition) is 2. The second-order valence-electron chi connectivity index (χ2n) is 7.53. The van der Waals surface area contributed by atoms with E-state index in [0.717, 1.165) is 22.4 Å². The van der Waals surface area contributed by atoms with Gasteiger partial charge in [0.2, 0.25) is 0 Å². The molecule has 134 valence electrons. The van der Waals surface area contributed by atoms with E-state index >= 15 is 0 Å². The zero-order chi connectivity index (χ0) is 18.3. The largest absolute Gasteiger partial charge is 0.384 e. The number of nitrogens with one attached hydrogen (secondary N) is 1. The summed E-state index contributed by atoms with van der Waals surface area (Å²) >= 11 is 0. The van der Waals surface area contributed by atoms with E-state index in [2.05, 4.69) is 42.7 Å². The molecule has 3 aromatic rings. The highest BCUT2D eigenvalue weighted by molar-refractivity contribution is 5.98. The summed E-state index contributed by atoms with van der Waals surface area (Å²) in [5, 5.41) is 7.73. The molecule has 3 N–H and O–H groups in total. The standard InChI is InChI=1S/C22H26N4/c1-14-8-10-18(15(2)12-14)22-25-19-13-16(21(23)24)9-11-20(19)26(22)17-6-4-3-5-7-17/h8-13,17H,3-7H2,1-2H3,(H3,23,24). The molecule has 26 heavy (non-hydrogen) atoms. The molecule has 1 fully saturated rings. The van der Waals surface area contributed by atoms with Gasteiger partial charge in [-0.3, -0.25) is 5.41 Å². The molecule has 2 aromatic carbocycles. The Morgan fingerprint density at radius 1 is 1.08 bits per heavy atom. The van der Waals surface area contributed by atoms with Crippen molar-refractivity contribution >= 4 is 16.9 Å². The minimum Gasteiger partial charge on any atom is -0.384 e. The molecule has 1 saturated carbocycles. The van der Waals surface area contributed by atoms with Gasteiger partial charge in [-0.05, 0) is 50.5 Å². The second kappa shape index (κ2) is 6.60. The minimum atomic E-state index is 0.0900. The van der Waals surface area contributed by atoms with Crippen molar-refractivity contribution in [3.8, 4) is 11.4 Å². The average molecular weight is 346 g/mol. The van der Waals surface area contributed by atoms with E-state index in [1.54, 1.807) is 0 Å². The van der Waals surface area contributed by atoms with Crippen LogP contribution < -0.4 is 5.73 Å². The van der Waals surface area contributed by atoms with E-state index in [1.165, 1.54) is 48.8 Å². The van der Waals surface area contributed by atoms with Gasteiger partial charge in [-0.25, -0.2) is 4.98 Å². The van der Waals surface area contributed by atoms with Gasteiger partial charge >= 0.3 is 0 Å². The lowest BCUT2D eigenvalue weighted by atomic mass is 9.94. The SMILES string of the molecule is Cc1ccc(-c2nc3cc(C(=N)N)ccc3n2C2CCCCC2)c(C)c1. The fraction of sp³-hybridized carbons (Fsp3) is 0.364. The number of nitrogen functional groups attached to an aromatic ring is 1. The van der Waals surface area contributed by atoms with Crippen LogP contribution in [-0.2, 0) is 0 Å². The molecule has 0 unspecified atom stereocenters. The Morgan fingerprint density at radius 2 is 1.85 bits per heavy atom. The Bertz CT molecular complexity index is 977. The van der Waals surface area contributed by atoms with Gasteiger partial charge < -0.3 is 10.3 Å². The Balaban J connectivity index is 1.95. The fourth-order valence-electron chi connectivity index (χ4n) is 4.23. The van der Waals surface area contributed by atoms with Crippen LogP contribution in [0.1, 0.15) is 54.8 Å². The van der Waals surface area contributed by atoms with Gasteiger partial charge in [-0.15, -0.1) is 0 Å². The normalized spacial score (nSPS) is 15.5. The smallest absolute Gasteiger partial charge is 0.141 e. The zero-order valence-corrected chi connectivity index (χ0v) is 15.5. The van der Waals surface area contributed by atoms with Gasteiger partial charge in [0.1, 0.15) is 11.7 Å². The topological polar surface area (TPSA) is 67.7 Å². The van der Waals surface area contributed by atoms with Gasteiger partial charge in [0.25, 0.3) is 0 Å². The summed E-state index contributed by atoms with van der Waals surface area (Å²) in [6, 6.07) is 13.0. The van der Waals surface area contributed by atoms with Crippen molar-refractivity contribution in [3.05, 3.63) is 53.1 Å². The molecule has 4 heteroatoms. The summed E-state index contributed by atoms with van der Waals surface area (Å²) in [5.41, 5.74) is 12.2. The number of nitrogens with zero attached hydrogens (tertiary/aromatic N) is 2. The number of amidine groups is 1. The number of hydrogen-bond acceptors (Lipinski definition) is 2. The molecule has 4 nitrogen and oxygen atoms in total. The number of fused-ring (bicyclic) bond motifs is 1. The molecule has 0 atom stereocenters. The van der Waals surface area contributed by atoms with Crippen LogP contribution in [0, 0.1) is 19.3 Å². The average Bonchev–Trinajstić information content (AvgIpc) is 3.00. The van der Waals surface area contributed by atoms with Gasteiger partial charge in [0.05, 0.1) is 11.0 Å². The monoisotopic (exact) mass is 346 g/mol. The number of imidazole rings is 1. The zero-order valence-electron chi connectivity index (χ0n) is 15.5. The summed E-state index contributed by atoms with van der Waals surface area (Å²) in [6.07, 6.45) is 6.30. The third-order valence-corrected chi connectivity index (χ3v) is 5.56. The van der Waals surface area contributed by atoms with Crippen LogP contribution in [0.25, 0.3) is 22.4 Å². The molecule has 1 heterocycles. The predicted molar refractivity (Wildman–Crippen MR) is 108 cm³/mol. The molecule has 1 aromatic heterocycles. The first-order valence-corrected chi connectivity index (χ1v) is 9.48. The summed E-state index contributed by atoms with van der Waals surface area (Å²) in [5.74, 6) is 1.14. The second-order valence-corrected chi connectivity index (χ2v) is 7.53. The van der Waals surface area contributed by atoms with Crippen molar-refractivity contribution in [1.29, 1.82) is 5.41 Å². The van der Waals surface area contributed by atoms with Gasteiger partial charge in [0, 0.05) is 17.2 Å². The predicted octanol–water partition coefficient (Wildman–Crippen LogP) is 5.11. The Hall–Kier alpha value is -2.62. The molecule has 1 aliphatic rings. The summed E-state index contributed by atoms with van der Waals surface area (Å²) in [4.78, 5) is 5.00. The molecule has 0 bridgehead atoms. The number of benzene rings is 2. The number of rotatable bonds is 3. The maximum Gasteiger partial charge on any atom is 0.141 e. The van der Waals surface area contributed by atoms with E-state index in [9.17, 15) is 0 Å². The first-order chi connectivity index (χ1) is 12.5. The molecule has 0 spiro atoms. The number of aryl methyl sites for hydroxylation is 2. The Kier molecular flexibility index (Phi) is 4.27. The van der Waals surface area contributed by atoms with Crippen molar-refractivity contribution in [2.75, 3.05) is 0 Å². The van der Waals surface area contributed by atoms with Gasteiger partial charge in [-0.1, -0.05) is 43.0 Å². The summed E-state index contributed by atoms with van der Waals surface area (Å²) < 4.78 is 2.44. The summed E-state index contributed by atoms with van der Waals surface area (Å²) in [6.45, 7) is 4.29. The van der Waals surface area contributed by atoms with Crippen LogP contribution in [0.15, 0.2) is 36.4 Å². The lowest BCUT2D eigenvalue weighted by molar-refractivity contribution is 0.362. The van der Waals surface area contributed by atoms with Crippen molar-refractivity contribution < 1.29 is 0 Å². The van der Waals surface area contributed by atoms with Crippen LogP contribution in [0.3, 0.4) is 0 Å². The van der Waals surface area contributed by atoms with E-state index in [4.69, 9.17) is 16.1 Å². The van der Waals surface area contributed by atoms with E-state index in [0.29, 0.717) is 6.04 Å². The van der Waals surface area contributed by atoms with Crippen molar-refractivity contribution in [3.63, 3.8) is 0 Å². The molecular weight excluding hydrogens is 320 g/mol. The lowest BCUT2D eigenvalue weighted by Gasteiger charge is -2.26. The van der Waals surface area contributed by atoms with Crippen LogP contribution in [0.2, 0.25) is 0 Å². The lowest BCUT2D eigenvalue weighted by Crippen LogP contribution is -2.14. The number of nitrogens with two attached hydrogens (primary N) is 1. The fourth-order valence-corrected chi connectivity index (χ4v) is 4.23. The molecule has 0 amide bonds. The highest BCUT2D eigenvalue weighted by atomic mass is 15.1. The molecule has 0 saturated heterocycles. The molecular formula is C22H26N4. The van der Waals surface area contributed by atoms with E-state index < -0.39 is 0 Å². The Labute approximate surface area is 154 Å². The molecule has 1 aliphatic carbocycles. The highest BCUT2D eigenvalue weighted by Crippen LogP contribution is 2.37. The van der Waals surface area contributed by atoms with Crippen LogP contribution in [-0.4, -0.2) is 15.4 Å².